The molecule has 0 atom stereocenters. The van der Waals surface area contributed by atoms with Crippen LogP contribution in [0, 0.1) is 6.92 Å². The van der Waals surface area contributed by atoms with Gasteiger partial charge in [0.15, 0.2) is 0 Å². The SMILES string of the molecule is COc1c(CNC2CCS(=O)CC2)c(C)nn1C. The van der Waals surface area contributed by atoms with Gasteiger partial charge in [0, 0.05) is 41.9 Å². The third-order valence-corrected chi connectivity index (χ3v) is 4.82. The molecule has 1 aromatic heterocycles. The van der Waals surface area contributed by atoms with Crippen molar-refractivity contribution in [2.45, 2.75) is 32.4 Å². The van der Waals surface area contributed by atoms with Gasteiger partial charge in [-0.2, -0.15) is 5.10 Å². The second-order valence-electron chi connectivity index (χ2n) is 4.70. The Labute approximate surface area is 110 Å². The molecular formula is C12H21N3O2S. The van der Waals surface area contributed by atoms with Gasteiger partial charge in [-0.1, -0.05) is 0 Å². The Hall–Kier alpha value is -0.880. The fourth-order valence-electron chi connectivity index (χ4n) is 2.38. The smallest absolute Gasteiger partial charge is 0.216 e. The van der Waals surface area contributed by atoms with E-state index in [9.17, 15) is 4.21 Å². The van der Waals surface area contributed by atoms with Gasteiger partial charge in [-0.25, -0.2) is 4.68 Å². The average molecular weight is 271 g/mol. The molecule has 0 amide bonds. The van der Waals surface area contributed by atoms with E-state index in [1.54, 1.807) is 11.8 Å². The first-order valence-corrected chi connectivity index (χ1v) is 7.75. The van der Waals surface area contributed by atoms with E-state index in [0.29, 0.717) is 6.04 Å². The quantitative estimate of drug-likeness (QED) is 0.877. The van der Waals surface area contributed by atoms with E-state index in [2.05, 4.69) is 10.4 Å². The molecule has 2 heterocycles. The molecule has 0 bridgehead atoms. The van der Waals surface area contributed by atoms with Crippen LogP contribution in [0.2, 0.25) is 0 Å². The minimum Gasteiger partial charge on any atom is -0.481 e. The first kappa shape index (κ1) is 13.5. The van der Waals surface area contributed by atoms with Gasteiger partial charge in [0.1, 0.15) is 0 Å². The number of hydrogen-bond donors (Lipinski definition) is 1. The summed E-state index contributed by atoms with van der Waals surface area (Å²) in [5.74, 6) is 2.46. The number of aryl methyl sites for hydroxylation is 2. The number of methoxy groups -OCH3 is 1. The highest BCUT2D eigenvalue weighted by atomic mass is 32.2. The van der Waals surface area contributed by atoms with Crippen LogP contribution in [-0.4, -0.2) is 38.6 Å². The Morgan fingerprint density at radius 3 is 2.78 bits per heavy atom. The summed E-state index contributed by atoms with van der Waals surface area (Å²) in [6.07, 6.45) is 1.99. The number of ether oxygens (including phenoxy) is 1. The minimum absolute atomic E-state index is 0.465. The number of rotatable bonds is 4. The molecule has 18 heavy (non-hydrogen) atoms. The Kier molecular flexibility index (Phi) is 4.40. The summed E-state index contributed by atoms with van der Waals surface area (Å²) < 4.78 is 18.4. The van der Waals surface area contributed by atoms with Crippen molar-refractivity contribution in [3.8, 4) is 5.88 Å². The van der Waals surface area contributed by atoms with Gasteiger partial charge in [-0.3, -0.25) is 4.21 Å². The summed E-state index contributed by atoms with van der Waals surface area (Å²) >= 11 is 0. The summed E-state index contributed by atoms with van der Waals surface area (Å²) in [6.45, 7) is 2.76. The lowest BCUT2D eigenvalue weighted by Gasteiger charge is -2.22. The lowest BCUT2D eigenvalue weighted by molar-refractivity contribution is 0.365. The maximum absolute atomic E-state index is 11.3. The van der Waals surface area contributed by atoms with E-state index in [4.69, 9.17) is 4.74 Å². The highest BCUT2D eigenvalue weighted by molar-refractivity contribution is 7.85. The molecule has 6 heteroatoms. The average Bonchev–Trinajstić information content (AvgIpc) is 2.62. The molecule has 0 aliphatic carbocycles. The third-order valence-electron chi connectivity index (χ3n) is 3.44. The molecule has 0 spiro atoms. The molecule has 1 aliphatic rings. The van der Waals surface area contributed by atoms with Crippen molar-refractivity contribution in [1.82, 2.24) is 15.1 Å². The lowest BCUT2D eigenvalue weighted by Crippen LogP contribution is -2.35. The van der Waals surface area contributed by atoms with Gasteiger partial charge < -0.3 is 10.1 Å². The molecule has 0 unspecified atom stereocenters. The molecule has 0 aromatic carbocycles. The van der Waals surface area contributed by atoms with Crippen LogP contribution in [0.4, 0.5) is 0 Å². The summed E-state index contributed by atoms with van der Waals surface area (Å²) in [6, 6.07) is 0.465. The van der Waals surface area contributed by atoms with Crippen LogP contribution >= 0.6 is 0 Å². The van der Waals surface area contributed by atoms with Crippen LogP contribution in [0.5, 0.6) is 5.88 Å². The van der Waals surface area contributed by atoms with Crippen molar-refractivity contribution in [3.63, 3.8) is 0 Å². The topological polar surface area (TPSA) is 56.1 Å². The molecule has 1 aliphatic heterocycles. The largest absolute Gasteiger partial charge is 0.481 e. The lowest BCUT2D eigenvalue weighted by atomic mass is 10.1. The van der Waals surface area contributed by atoms with Crippen molar-refractivity contribution in [2.24, 2.45) is 7.05 Å². The number of nitrogens with zero attached hydrogens (tertiary/aromatic N) is 2. The predicted molar refractivity (Wildman–Crippen MR) is 72.2 cm³/mol. The summed E-state index contributed by atoms with van der Waals surface area (Å²) in [5, 5.41) is 7.88. The number of hydrogen-bond acceptors (Lipinski definition) is 4. The molecular weight excluding hydrogens is 250 g/mol. The van der Waals surface area contributed by atoms with Crippen LogP contribution in [0.1, 0.15) is 24.1 Å². The van der Waals surface area contributed by atoms with Crippen molar-refractivity contribution >= 4 is 10.8 Å². The Morgan fingerprint density at radius 2 is 2.17 bits per heavy atom. The van der Waals surface area contributed by atoms with Crippen LogP contribution in [-0.2, 0) is 24.4 Å². The molecule has 1 saturated heterocycles. The van der Waals surface area contributed by atoms with Gasteiger partial charge in [0.25, 0.3) is 0 Å². The molecule has 5 nitrogen and oxygen atoms in total. The van der Waals surface area contributed by atoms with E-state index in [1.807, 2.05) is 14.0 Å². The monoisotopic (exact) mass is 271 g/mol. The minimum atomic E-state index is -0.596. The number of aromatic nitrogens is 2. The second kappa shape index (κ2) is 5.84. The molecule has 102 valence electrons. The standard InChI is InChI=1S/C12H21N3O2S/c1-9-11(12(17-3)15(2)14-9)8-13-10-4-6-18(16)7-5-10/h10,13H,4-8H2,1-3H3. The Bertz CT molecular complexity index is 435. The van der Waals surface area contributed by atoms with Gasteiger partial charge in [-0.15, -0.1) is 0 Å². The molecule has 0 saturated carbocycles. The maximum atomic E-state index is 11.3. The van der Waals surface area contributed by atoms with Crippen molar-refractivity contribution < 1.29 is 8.95 Å². The van der Waals surface area contributed by atoms with E-state index in [1.165, 1.54) is 0 Å². The van der Waals surface area contributed by atoms with E-state index in [-0.39, 0.29) is 0 Å². The fourth-order valence-corrected chi connectivity index (χ4v) is 3.68. The van der Waals surface area contributed by atoms with Crippen molar-refractivity contribution in [1.29, 1.82) is 0 Å². The van der Waals surface area contributed by atoms with E-state index >= 15 is 0 Å². The van der Waals surface area contributed by atoms with Crippen LogP contribution in [0.25, 0.3) is 0 Å². The maximum Gasteiger partial charge on any atom is 0.216 e. The molecule has 1 N–H and O–H groups in total. The Balaban J connectivity index is 1.95. The number of nitrogens with one attached hydrogen (secondary N) is 1. The zero-order valence-electron chi connectivity index (χ0n) is 11.2. The van der Waals surface area contributed by atoms with Crippen molar-refractivity contribution in [3.05, 3.63) is 11.3 Å². The van der Waals surface area contributed by atoms with Gasteiger partial charge in [0.05, 0.1) is 18.4 Å². The zero-order chi connectivity index (χ0) is 13.1. The summed E-state index contributed by atoms with van der Waals surface area (Å²) in [5.41, 5.74) is 2.12. The first-order valence-electron chi connectivity index (χ1n) is 6.26. The van der Waals surface area contributed by atoms with Gasteiger partial charge in [-0.05, 0) is 19.8 Å². The second-order valence-corrected chi connectivity index (χ2v) is 6.40. The highest BCUT2D eigenvalue weighted by Crippen LogP contribution is 2.21. The molecule has 0 radical (unpaired) electrons. The van der Waals surface area contributed by atoms with E-state index in [0.717, 1.165) is 48.0 Å². The predicted octanol–water partition coefficient (Wildman–Crippen LogP) is 0.738. The fraction of sp³-hybridized carbons (Fsp3) is 0.750. The van der Waals surface area contributed by atoms with Crippen molar-refractivity contribution in [2.75, 3.05) is 18.6 Å². The van der Waals surface area contributed by atoms with Gasteiger partial charge in [0.2, 0.25) is 5.88 Å². The van der Waals surface area contributed by atoms with E-state index < -0.39 is 10.8 Å². The Morgan fingerprint density at radius 1 is 1.50 bits per heavy atom. The van der Waals surface area contributed by atoms with Crippen LogP contribution < -0.4 is 10.1 Å². The highest BCUT2D eigenvalue weighted by Gasteiger charge is 2.19. The molecule has 1 fully saturated rings. The molecule has 1 aromatic rings. The summed E-state index contributed by atoms with van der Waals surface area (Å²) in [7, 11) is 2.96. The molecule has 2 rings (SSSR count). The zero-order valence-corrected chi connectivity index (χ0v) is 12.0. The first-order chi connectivity index (χ1) is 8.61. The normalized spacial score (nSPS) is 24.2. The third kappa shape index (κ3) is 2.92. The van der Waals surface area contributed by atoms with Gasteiger partial charge >= 0.3 is 0 Å². The summed E-state index contributed by atoms with van der Waals surface area (Å²) in [4.78, 5) is 0. The van der Waals surface area contributed by atoms with Crippen LogP contribution in [0.15, 0.2) is 0 Å². The van der Waals surface area contributed by atoms with Crippen LogP contribution in [0.3, 0.4) is 0 Å².